The van der Waals surface area contributed by atoms with E-state index in [0.29, 0.717) is 37.4 Å². The lowest BCUT2D eigenvalue weighted by atomic mass is 10.1. The second-order valence-corrected chi connectivity index (χ2v) is 7.62. The van der Waals surface area contributed by atoms with Crippen molar-refractivity contribution in [3.05, 3.63) is 53.6 Å². The van der Waals surface area contributed by atoms with Crippen LogP contribution in [0, 0.1) is 0 Å². The van der Waals surface area contributed by atoms with Crippen molar-refractivity contribution in [2.45, 2.75) is 38.3 Å². The van der Waals surface area contributed by atoms with Gasteiger partial charge in [-0.25, -0.2) is 0 Å². The van der Waals surface area contributed by atoms with Gasteiger partial charge in [-0.2, -0.15) is 0 Å². The molecule has 30 heavy (non-hydrogen) atoms. The monoisotopic (exact) mass is 410 g/mol. The first-order valence-corrected chi connectivity index (χ1v) is 10.2. The van der Waals surface area contributed by atoms with Crippen molar-refractivity contribution < 1.29 is 23.8 Å². The Bertz CT molecular complexity index is 930. The van der Waals surface area contributed by atoms with Crippen LogP contribution < -0.4 is 19.5 Å². The van der Waals surface area contributed by atoms with Crippen LogP contribution in [0.2, 0.25) is 0 Å². The first kappa shape index (κ1) is 20.1. The van der Waals surface area contributed by atoms with Gasteiger partial charge in [-0.3, -0.25) is 9.59 Å². The first-order valence-electron chi connectivity index (χ1n) is 10.2. The predicted molar refractivity (Wildman–Crippen MR) is 110 cm³/mol. The fraction of sp³-hybridized carbons (Fsp3) is 0.391. The topological polar surface area (TPSA) is 77.1 Å². The third-order valence-corrected chi connectivity index (χ3v) is 5.48. The van der Waals surface area contributed by atoms with E-state index in [2.05, 4.69) is 5.32 Å². The maximum atomic E-state index is 12.6. The second-order valence-electron chi connectivity index (χ2n) is 7.62. The normalized spacial score (nSPS) is 18.1. The molecule has 0 aromatic heterocycles. The average molecular weight is 410 g/mol. The molecule has 2 aromatic carbocycles. The van der Waals surface area contributed by atoms with E-state index in [-0.39, 0.29) is 31.1 Å². The lowest BCUT2D eigenvalue weighted by molar-refractivity contribution is -0.131. The van der Waals surface area contributed by atoms with Gasteiger partial charge in [0.1, 0.15) is 5.75 Å². The number of methoxy groups -OCH3 is 1. The molecule has 0 bridgehead atoms. The highest BCUT2D eigenvalue weighted by molar-refractivity contribution is 5.80. The summed E-state index contributed by atoms with van der Waals surface area (Å²) >= 11 is 0. The Balaban J connectivity index is 1.30. The van der Waals surface area contributed by atoms with E-state index < -0.39 is 0 Å². The number of hydrogen-bond acceptors (Lipinski definition) is 5. The molecule has 0 saturated carbocycles. The fourth-order valence-electron chi connectivity index (χ4n) is 3.85. The van der Waals surface area contributed by atoms with Crippen molar-refractivity contribution >= 4 is 11.8 Å². The maximum Gasteiger partial charge on any atom is 0.231 e. The molecule has 158 valence electrons. The van der Waals surface area contributed by atoms with Gasteiger partial charge in [0.25, 0.3) is 0 Å². The zero-order valence-electron chi connectivity index (χ0n) is 17.1. The van der Waals surface area contributed by atoms with Crippen LogP contribution in [0.3, 0.4) is 0 Å². The Morgan fingerprint density at radius 1 is 1.13 bits per heavy atom. The van der Waals surface area contributed by atoms with Crippen LogP contribution in [-0.2, 0) is 22.6 Å². The van der Waals surface area contributed by atoms with E-state index in [1.165, 1.54) is 0 Å². The number of amides is 2. The van der Waals surface area contributed by atoms with Crippen LogP contribution in [0.4, 0.5) is 0 Å². The van der Waals surface area contributed by atoms with Gasteiger partial charge in [0.2, 0.25) is 18.6 Å². The van der Waals surface area contributed by atoms with Crippen LogP contribution in [0.25, 0.3) is 0 Å². The molecule has 4 rings (SSSR count). The van der Waals surface area contributed by atoms with Crippen molar-refractivity contribution in [1.29, 1.82) is 0 Å². The Labute approximate surface area is 175 Å². The van der Waals surface area contributed by atoms with Gasteiger partial charge in [-0.15, -0.1) is 0 Å². The lowest BCUT2D eigenvalue weighted by Crippen LogP contribution is -2.36. The van der Waals surface area contributed by atoms with Crippen LogP contribution in [0.1, 0.15) is 30.4 Å². The first-order chi connectivity index (χ1) is 14.6. The highest BCUT2D eigenvalue weighted by Crippen LogP contribution is 2.32. The Kier molecular flexibility index (Phi) is 6.07. The molecule has 0 spiro atoms. The van der Waals surface area contributed by atoms with Crippen molar-refractivity contribution in [2.75, 3.05) is 20.4 Å². The van der Waals surface area contributed by atoms with Crippen LogP contribution >= 0.6 is 0 Å². The number of fused-ring (bicyclic) bond motifs is 1. The quantitative estimate of drug-likeness (QED) is 0.792. The summed E-state index contributed by atoms with van der Waals surface area (Å²) in [6.07, 6.45) is 2.09. The second kappa shape index (κ2) is 9.07. The Morgan fingerprint density at radius 3 is 2.87 bits per heavy atom. The SMILES string of the molecule is COc1cccc(CN2CCC(NC(=O)Cc3ccc4c(c3)OCO4)CCC2=O)c1. The van der Waals surface area contributed by atoms with Crippen molar-refractivity contribution in [1.82, 2.24) is 10.2 Å². The Morgan fingerprint density at radius 2 is 2.00 bits per heavy atom. The number of carbonyl (C=O) groups excluding carboxylic acids is 2. The number of hydrogen-bond donors (Lipinski definition) is 1. The molecule has 2 aliphatic heterocycles. The summed E-state index contributed by atoms with van der Waals surface area (Å²) in [5.41, 5.74) is 1.91. The molecule has 2 heterocycles. The molecule has 1 unspecified atom stereocenters. The van der Waals surface area contributed by atoms with Gasteiger partial charge in [0.05, 0.1) is 13.5 Å². The molecule has 1 atom stereocenters. The summed E-state index contributed by atoms with van der Waals surface area (Å²) in [6.45, 7) is 1.38. The van der Waals surface area contributed by atoms with Gasteiger partial charge in [0.15, 0.2) is 11.5 Å². The molecule has 1 fully saturated rings. The predicted octanol–water partition coefficient (Wildman–Crippen LogP) is 2.66. The molecule has 2 aliphatic rings. The minimum atomic E-state index is -0.0486. The number of nitrogens with one attached hydrogen (secondary N) is 1. The van der Waals surface area contributed by atoms with E-state index in [1.54, 1.807) is 7.11 Å². The Hall–Kier alpha value is -3.22. The largest absolute Gasteiger partial charge is 0.497 e. The maximum absolute atomic E-state index is 12.6. The third kappa shape index (κ3) is 4.84. The summed E-state index contributed by atoms with van der Waals surface area (Å²) in [6, 6.07) is 13.3. The minimum Gasteiger partial charge on any atom is -0.497 e. The molecule has 0 radical (unpaired) electrons. The van der Waals surface area contributed by atoms with Crippen molar-refractivity contribution in [2.24, 2.45) is 0 Å². The highest BCUT2D eigenvalue weighted by Gasteiger charge is 2.24. The van der Waals surface area contributed by atoms with Gasteiger partial charge in [0, 0.05) is 25.6 Å². The molecule has 2 amide bonds. The number of ether oxygens (including phenoxy) is 3. The number of likely N-dealkylation sites (tertiary alicyclic amines) is 1. The molecule has 0 aliphatic carbocycles. The summed E-state index contributed by atoms with van der Waals surface area (Å²) in [5.74, 6) is 2.23. The smallest absolute Gasteiger partial charge is 0.231 e. The van der Waals surface area contributed by atoms with E-state index in [4.69, 9.17) is 14.2 Å². The average Bonchev–Trinajstić information content (AvgIpc) is 3.15. The van der Waals surface area contributed by atoms with Gasteiger partial charge < -0.3 is 24.4 Å². The number of benzene rings is 2. The highest BCUT2D eigenvalue weighted by atomic mass is 16.7. The fourth-order valence-corrected chi connectivity index (χ4v) is 3.85. The summed E-state index contributed by atoms with van der Waals surface area (Å²) in [4.78, 5) is 26.9. The van der Waals surface area contributed by atoms with Crippen LogP contribution in [-0.4, -0.2) is 43.2 Å². The lowest BCUT2D eigenvalue weighted by Gasteiger charge is -2.21. The number of rotatable bonds is 6. The van der Waals surface area contributed by atoms with Crippen molar-refractivity contribution in [3.8, 4) is 17.2 Å². The summed E-state index contributed by atoms with van der Waals surface area (Å²) in [7, 11) is 1.63. The summed E-state index contributed by atoms with van der Waals surface area (Å²) in [5, 5.41) is 3.09. The zero-order valence-corrected chi connectivity index (χ0v) is 17.1. The van der Waals surface area contributed by atoms with Crippen LogP contribution in [0.5, 0.6) is 17.2 Å². The molecule has 1 saturated heterocycles. The number of carbonyl (C=O) groups is 2. The summed E-state index contributed by atoms with van der Waals surface area (Å²) < 4.78 is 15.9. The molecule has 1 N–H and O–H groups in total. The van der Waals surface area contributed by atoms with Crippen LogP contribution in [0.15, 0.2) is 42.5 Å². The minimum absolute atomic E-state index is 0.00855. The molecule has 7 nitrogen and oxygen atoms in total. The van der Waals surface area contributed by atoms with Gasteiger partial charge in [-0.1, -0.05) is 18.2 Å². The van der Waals surface area contributed by atoms with E-state index >= 15 is 0 Å². The molecule has 7 heteroatoms. The van der Waals surface area contributed by atoms with E-state index in [9.17, 15) is 9.59 Å². The number of nitrogens with zero attached hydrogens (tertiary/aromatic N) is 1. The van der Waals surface area contributed by atoms with Gasteiger partial charge in [-0.05, 0) is 48.2 Å². The molecular formula is C23H26N2O5. The van der Waals surface area contributed by atoms with E-state index in [0.717, 1.165) is 23.3 Å². The molecule has 2 aromatic rings. The van der Waals surface area contributed by atoms with Gasteiger partial charge >= 0.3 is 0 Å². The standard InChI is InChI=1S/C23H26N2O5/c1-28-19-4-2-3-17(11-19)14-25-10-9-18(6-8-23(25)27)24-22(26)13-16-5-7-20-21(12-16)30-15-29-20/h2-5,7,11-12,18H,6,8-10,13-15H2,1H3,(H,24,26). The molecular weight excluding hydrogens is 384 g/mol. The van der Waals surface area contributed by atoms with Crippen molar-refractivity contribution in [3.63, 3.8) is 0 Å². The zero-order chi connectivity index (χ0) is 20.9. The van der Waals surface area contributed by atoms with E-state index in [1.807, 2.05) is 47.4 Å². The third-order valence-electron chi connectivity index (χ3n) is 5.48.